The van der Waals surface area contributed by atoms with Crippen molar-refractivity contribution >= 4 is 31.9 Å². The topological polar surface area (TPSA) is 74.7 Å². The van der Waals surface area contributed by atoms with Gasteiger partial charge in [0.05, 0.1) is 4.90 Å². The highest BCUT2D eigenvalue weighted by molar-refractivity contribution is 9.10. The Bertz CT molecular complexity index is 598. The van der Waals surface area contributed by atoms with Crippen LogP contribution in [0.5, 0.6) is 0 Å². The summed E-state index contributed by atoms with van der Waals surface area (Å²) in [6.07, 6.45) is 1.35. The van der Waals surface area contributed by atoms with Crippen LogP contribution in [0.25, 0.3) is 0 Å². The van der Waals surface area contributed by atoms with Crippen LogP contribution >= 0.6 is 15.9 Å². The van der Waals surface area contributed by atoms with E-state index in [4.69, 9.17) is 5.11 Å². The van der Waals surface area contributed by atoms with Gasteiger partial charge in [-0.15, -0.1) is 6.58 Å². The van der Waals surface area contributed by atoms with E-state index >= 15 is 0 Å². The maximum Gasteiger partial charge on any atom is 0.318 e. The molecular formula is C12H14BrNO4S. The Balaban J connectivity index is 3.21. The lowest BCUT2D eigenvalue weighted by molar-refractivity contribution is -0.137. The number of aliphatic carboxylic acids is 1. The highest BCUT2D eigenvalue weighted by Crippen LogP contribution is 2.22. The van der Waals surface area contributed by atoms with Gasteiger partial charge < -0.3 is 5.11 Å². The minimum atomic E-state index is -3.84. The molecule has 0 saturated carbocycles. The van der Waals surface area contributed by atoms with Crippen LogP contribution < -0.4 is 0 Å². The SMILES string of the molecule is C=CCN(CC(=O)O)S(=O)(=O)c1ccc(Br)c(C)c1. The number of hydrogen-bond donors (Lipinski definition) is 1. The molecule has 0 aliphatic rings. The Morgan fingerprint density at radius 1 is 1.53 bits per heavy atom. The van der Waals surface area contributed by atoms with Gasteiger partial charge in [-0.2, -0.15) is 4.31 Å². The average Bonchev–Trinajstić information content (AvgIpc) is 2.31. The molecule has 0 radical (unpaired) electrons. The molecule has 0 amide bonds. The lowest BCUT2D eigenvalue weighted by Gasteiger charge is -2.19. The van der Waals surface area contributed by atoms with E-state index in [-0.39, 0.29) is 11.4 Å². The van der Waals surface area contributed by atoms with Crippen molar-refractivity contribution in [3.8, 4) is 0 Å². The number of carboxylic acid groups (broad SMARTS) is 1. The van der Waals surface area contributed by atoms with Gasteiger partial charge in [-0.3, -0.25) is 4.79 Å². The fraction of sp³-hybridized carbons (Fsp3) is 0.250. The molecule has 0 saturated heterocycles. The van der Waals surface area contributed by atoms with E-state index in [0.29, 0.717) is 0 Å². The van der Waals surface area contributed by atoms with Crippen molar-refractivity contribution in [3.63, 3.8) is 0 Å². The van der Waals surface area contributed by atoms with Crippen molar-refractivity contribution in [2.24, 2.45) is 0 Å². The molecule has 0 aromatic heterocycles. The third-order valence-electron chi connectivity index (χ3n) is 2.41. The first-order valence-electron chi connectivity index (χ1n) is 5.38. The third-order valence-corrected chi connectivity index (χ3v) is 5.11. The zero-order valence-corrected chi connectivity index (χ0v) is 12.7. The Labute approximate surface area is 120 Å². The lowest BCUT2D eigenvalue weighted by atomic mass is 10.2. The Kier molecular flexibility index (Phi) is 5.28. The molecule has 0 aliphatic heterocycles. The molecular weight excluding hydrogens is 334 g/mol. The molecule has 1 rings (SSSR count). The molecule has 0 heterocycles. The Hall–Kier alpha value is -1.18. The molecule has 0 bridgehead atoms. The summed E-state index contributed by atoms with van der Waals surface area (Å²) in [4.78, 5) is 10.8. The predicted octanol–water partition coefficient (Wildman–Crippen LogP) is 2.02. The zero-order chi connectivity index (χ0) is 14.6. The summed E-state index contributed by atoms with van der Waals surface area (Å²) >= 11 is 3.29. The summed E-state index contributed by atoms with van der Waals surface area (Å²) in [5, 5.41) is 8.77. The number of benzene rings is 1. The van der Waals surface area contributed by atoms with Crippen LogP contribution in [-0.2, 0) is 14.8 Å². The highest BCUT2D eigenvalue weighted by atomic mass is 79.9. The quantitative estimate of drug-likeness (QED) is 0.798. The van der Waals surface area contributed by atoms with Gasteiger partial charge in [-0.1, -0.05) is 22.0 Å². The minimum Gasteiger partial charge on any atom is -0.480 e. The van der Waals surface area contributed by atoms with Crippen molar-refractivity contribution in [3.05, 3.63) is 40.9 Å². The van der Waals surface area contributed by atoms with E-state index in [1.807, 2.05) is 0 Å². The first kappa shape index (κ1) is 15.9. The summed E-state index contributed by atoms with van der Waals surface area (Å²) < 4.78 is 26.3. The van der Waals surface area contributed by atoms with Gasteiger partial charge in [0.25, 0.3) is 0 Å². The van der Waals surface area contributed by atoms with Crippen LogP contribution in [0.15, 0.2) is 40.2 Å². The van der Waals surface area contributed by atoms with E-state index in [0.717, 1.165) is 14.3 Å². The smallest absolute Gasteiger partial charge is 0.318 e. The number of sulfonamides is 1. The van der Waals surface area contributed by atoms with E-state index in [1.165, 1.54) is 18.2 Å². The number of rotatable bonds is 6. The van der Waals surface area contributed by atoms with Gasteiger partial charge in [-0.25, -0.2) is 8.42 Å². The van der Waals surface area contributed by atoms with Gasteiger partial charge in [0.2, 0.25) is 10.0 Å². The maximum atomic E-state index is 12.3. The standard InChI is InChI=1S/C12H14BrNO4S/c1-3-6-14(8-12(15)16)19(17,18)10-4-5-11(13)9(2)7-10/h3-5,7H,1,6,8H2,2H3,(H,15,16). The highest BCUT2D eigenvalue weighted by Gasteiger charge is 2.25. The fourth-order valence-electron chi connectivity index (χ4n) is 1.47. The predicted molar refractivity (Wildman–Crippen MR) is 75.5 cm³/mol. The van der Waals surface area contributed by atoms with Crippen molar-refractivity contribution < 1.29 is 18.3 Å². The molecule has 7 heteroatoms. The van der Waals surface area contributed by atoms with Crippen LogP contribution in [0, 0.1) is 6.92 Å². The number of hydrogen-bond acceptors (Lipinski definition) is 3. The molecule has 1 N–H and O–H groups in total. The van der Waals surface area contributed by atoms with E-state index in [9.17, 15) is 13.2 Å². The van der Waals surface area contributed by atoms with Gasteiger partial charge in [-0.05, 0) is 30.7 Å². The molecule has 0 spiro atoms. The van der Waals surface area contributed by atoms with Gasteiger partial charge >= 0.3 is 5.97 Å². The molecule has 19 heavy (non-hydrogen) atoms. The van der Waals surface area contributed by atoms with Crippen LogP contribution in [0.4, 0.5) is 0 Å². The molecule has 104 valence electrons. The number of nitrogens with zero attached hydrogens (tertiary/aromatic N) is 1. The summed E-state index contributed by atoms with van der Waals surface area (Å²) in [7, 11) is -3.84. The van der Waals surface area contributed by atoms with Crippen LogP contribution in [0.1, 0.15) is 5.56 Å². The van der Waals surface area contributed by atoms with Gasteiger partial charge in [0, 0.05) is 11.0 Å². The monoisotopic (exact) mass is 347 g/mol. The molecule has 1 aromatic carbocycles. The van der Waals surface area contributed by atoms with E-state index < -0.39 is 22.5 Å². The van der Waals surface area contributed by atoms with Crippen molar-refractivity contribution in [1.82, 2.24) is 4.31 Å². The summed E-state index contributed by atoms with van der Waals surface area (Å²) in [6.45, 7) is 4.56. The van der Waals surface area contributed by atoms with Crippen molar-refractivity contribution in [2.45, 2.75) is 11.8 Å². The van der Waals surface area contributed by atoms with Gasteiger partial charge in [0.15, 0.2) is 0 Å². The maximum absolute atomic E-state index is 12.3. The minimum absolute atomic E-state index is 0.0518. The summed E-state index contributed by atoms with van der Waals surface area (Å²) in [6, 6.07) is 4.55. The van der Waals surface area contributed by atoms with Crippen molar-refractivity contribution in [1.29, 1.82) is 0 Å². The van der Waals surface area contributed by atoms with E-state index in [1.54, 1.807) is 13.0 Å². The van der Waals surface area contributed by atoms with Crippen molar-refractivity contribution in [2.75, 3.05) is 13.1 Å². The number of aryl methyl sites for hydroxylation is 1. The summed E-state index contributed by atoms with van der Waals surface area (Å²) in [5.41, 5.74) is 0.759. The second-order valence-corrected chi connectivity index (χ2v) is 6.68. The Morgan fingerprint density at radius 3 is 2.63 bits per heavy atom. The number of carboxylic acids is 1. The second kappa shape index (κ2) is 6.31. The first-order valence-corrected chi connectivity index (χ1v) is 7.61. The zero-order valence-electron chi connectivity index (χ0n) is 10.3. The summed E-state index contributed by atoms with van der Waals surface area (Å²) in [5.74, 6) is -1.21. The van der Waals surface area contributed by atoms with Crippen LogP contribution in [0.2, 0.25) is 0 Å². The van der Waals surface area contributed by atoms with Gasteiger partial charge in [0.1, 0.15) is 6.54 Å². The fourth-order valence-corrected chi connectivity index (χ4v) is 3.16. The second-order valence-electron chi connectivity index (χ2n) is 3.89. The molecule has 0 aliphatic carbocycles. The molecule has 5 nitrogen and oxygen atoms in total. The Morgan fingerprint density at radius 2 is 2.16 bits per heavy atom. The number of carbonyl (C=O) groups is 1. The van der Waals surface area contributed by atoms with Crippen LogP contribution in [-0.4, -0.2) is 36.9 Å². The number of halogens is 1. The normalized spacial score (nSPS) is 11.5. The van der Waals surface area contributed by atoms with E-state index in [2.05, 4.69) is 22.5 Å². The molecule has 1 aromatic rings. The molecule has 0 fully saturated rings. The average molecular weight is 348 g/mol. The lowest BCUT2D eigenvalue weighted by Crippen LogP contribution is -2.35. The third kappa shape index (κ3) is 3.89. The molecule has 0 unspecified atom stereocenters. The molecule has 0 atom stereocenters. The van der Waals surface area contributed by atoms with Crippen LogP contribution in [0.3, 0.4) is 0 Å². The largest absolute Gasteiger partial charge is 0.480 e. The first-order chi connectivity index (χ1) is 8.78.